The van der Waals surface area contributed by atoms with Crippen LogP contribution in [-0.2, 0) is 0 Å². The van der Waals surface area contributed by atoms with Crippen LogP contribution in [0.15, 0.2) is 17.7 Å². The number of nitrogens with zero attached hydrogens (tertiary/aromatic N) is 1. The monoisotopic (exact) mass is 97.0 g/mol. The van der Waals surface area contributed by atoms with Crippen molar-refractivity contribution in [3.8, 4) is 5.40 Å². The molecule has 6 heavy (non-hydrogen) atoms. The largest absolute Gasteiger partial charge is 0.185 e. The number of hydrogen-bond donors (Lipinski definition) is 0. The van der Waals surface area contributed by atoms with Crippen LogP contribution in [0.3, 0.4) is 0 Å². The van der Waals surface area contributed by atoms with Crippen LogP contribution in [-0.4, -0.2) is 0 Å². The summed E-state index contributed by atoms with van der Waals surface area (Å²) in [6, 6.07) is 0. The van der Waals surface area contributed by atoms with Gasteiger partial charge in [0, 0.05) is 5.41 Å². The molecule has 0 saturated carbocycles. The zero-order chi connectivity index (χ0) is 4.83. The lowest BCUT2D eigenvalue weighted by Gasteiger charge is -1.57. The van der Waals surface area contributed by atoms with E-state index in [1.807, 2.05) is 5.40 Å². The lowest BCUT2D eigenvalue weighted by atomic mass is 11.0. The second kappa shape index (κ2) is 4.36. The van der Waals surface area contributed by atoms with Crippen molar-refractivity contribution in [2.24, 2.45) is 0 Å². The van der Waals surface area contributed by atoms with E-state index in [2.05, 4.69) is 12.3 Å². The molecule has 0 heterocycles. The summed E-state index contributed by atoms with van der Waals surface area (Å²) in [5.41, 5.74) is 2.43. The molecule has 0 fully saturated rings. The molecule has 0 aliphatic heterocycles. The Bertz CT molecular complexity index is 105. The highest BCUT2D eigenvalue weighted by Gasteiger charge is 1.60. The van der Waals surface area contributed by atoms with Crippen molar-refractivity contribution in [3.63, 3.8) is 0 Å². The third-order valence-electron chi connectivity index (χ3n) is 0.195. The molecule has 0 amide bonds. The summed E-state index contributed by atoms with van der Waals surface area (Å²) < 4.78 is 0. The summed E-state index contributed by atoms with van der Waals surface area (Å²) in [7, 11) is 0. The minimum atomic E-state index is 1.02. The van der Waals surface area contributed by atoms with Gasteiger partial charge in [0.15, 0.2) is 0 Å². The van der Waals surface area contributed by atoms with Crippen molar-refractivity contribution < 1.29 is 0 Å². The van der Waals surface area contributed by atoms with Gasteiger partial charge in [-0.2, -0.15) is 5.26 Å². The van der Waals surface area contributed by atoms with E-state index in [9.17, 15) is 0 Å². The van der Waals surface area contributed by atoms with Gasteiger partial charge in [0.25, 0.3) is 0 Å². The fourth-order valence-corrected chi connectivity index (χ4v) is 0.204. The van der Waals surface area contributed by atoms with Crippen LogP contribution in [0, 0.1) is 10.7 Å². The van der Waals surface area contributed by atoms with Crippen LogP contribution in [0.2, 0.25) is 0 Å². The lowest BCUT2D eigenvalue weighted by Crippen LogP contribution is -1.30. The molecule has 0 aromatic heterocycles. The summed E-state index contributed by atoms with van der Waals surface area (Å²) in [4.78, 5) is 0. The minimum Gasteiger partial charge on any atom is -0.185 e. The molecule has 0 bridgehead atoms. The van der Waals surface area contributed by atoms with Gasteiger partial charge in [0.1, 0.15) is 5.40 Å². The summed E-state index contributed by atoms with van der Waals surface area (Å²) in [6.45, 7) is 3.25. The first-order chi connectivity index (χ1) is 2.91. The third kappa shape index (κ3) is 3.36. The van der Waals surface area contributed by atoms with Gasteiger partial charge >= 0.3 is 0 Å². The molecule has 2 heteroatoms. The van der Waals surface area contributed by atoms with Crippen LogP contribution in [0.5, 0.6) is 0 Å². The first-order valence-electron chi connectivity index (χ1n) is 1.31. The number of hydrogen-bond acceptors (Lipinski definition) is 2. The fourth-order valence-electron chi connectivity index (χ4n) is 0.0680. The first kappa shape index (κ1) is 5.36. The molecular formula is C4H3NS. The molecule has 0 N–H and O–H groups in total. The third-order valence-corrected chi connectivity index (χ3v) is 0.585. The van der Waals surface area contributed by atoms with Gasteiger partial charge in [0.2, 0.25) is 0 Å². The van der Waals surface area contributed by atoms with Gasteiger partial charge in [-0.15, -0.1) is 5.73 Å². The summed E-state index contributed by atoms with van der Waals surface area (Å²) in [5.74, 6) is 0. The van der Waals surface area contributed by atoms with E-state index >= 15 is 0 Å². The average Bonchev–Trinajstić information content (AvgIpc) is 1.61. The number of thiocyanates is 1. The molecule has 0 aliphatic rings. The van der Waals surface area contributed by atoms with Gasteiger partial charge in [-0.1, -0.05) is 6.58 Å². The highest BCUT2D eigenvalue weighted by molar-refractivity contribution is 8.06. The van der Waals surface area contributed by atoms with Gasteiger partial charge in [-0.05, 0) is 11.8 Å². The molecule has 0 atom stereocenters. The standard InChI is InChI=1S/C4H3NS/c1-2-3-6-4-5/h3H,1H2. The molecular weight excluding hydrogens is 94.1 g/mol. The van der Waals surface area contributed by atoms with Gasteiger partial charge in [0.05, 0.1) is 0 Å². The minimum absolute atomic E-state index is 1.02. The van der Waals surface area contributed by atoms with E-state index in [-0.39, 0.29) is 0 Å². The summed E-state index contributed by atoms with van der Waals surface area (Å²) in [5, 5.41) is 11.1. The summed E-state index contributed by atoms with van der Waals surface area (Å²) in [6.07, 6.45) is 0. The van der Waals surface area contributed by atoms with Gasteiger partial charge in [-0.25, -0.2) is 0 Å². The van der Waals surface area contributed by atoms with Gasteiger partial charge < -0.3 is 0 Å². The van der Waals surface area contributed by atoms with E-state index in [0.29, 0.717) is 0 Å². The van der Waals surface area contributed by atoms with Crippen LogP contribution in [0.1, 0.15) is 0 Å². The van der Waals surface area contributed by atoms with Crippen molar-refractivity contribution in [3.05, 3.63) is 17.7 Å². The van der Waals surface area contributed by atoms with Crippen molar-refractivity contribution in [2.45, 2.75) is 0 Å². The number of rotatable bonds is 1. The molecule has 0 aromatic carbocycles. The second-order valence-corrected chi connectivity index (χ2v) is 1.19. The summed E-state index contributed by atoms with van der Waals surface area (Å²) >= 11 is 1.02. The van der Waals surface area contributed by atoms with E-state index < -0.39 is 0 Å². The highest BCUT2D eigenvalue weighted by atomic mass is 32.2. The van der Waals surface area contributed by atoms with Crippen LogP contribution in [0.25, 0.3) is 0 Å². The van der Waals surface area contributed by atoms with Crippen LogP contribution >= 0.6 is 11.8 Å². The normalized spacial score (nSPS) is 5.17. The molecule has 0 radical (unpaired) electrons. The Balaban J connectivity index is 3.16. The van der Waals surface area contributed by atoms with Crippen molar-refractivity contribution >= 4 is 11.8 Å². The molecule has 0 saturated heterocycles. The SMILES string of the molecule is C=C=CSC#N. The van der Waals surface area contributed by atoms with E-state index in [1.165, 1.54) is 5.41 Å². The zero-order valence-corrected chi connectivity index (χ0v) is 3.96. The van der Waals surface area contributed by atoms with E-state index in [1.54, 1.807) is 0 Å². The fraction of sp³-hybridized carbons (Fsp3) is 0. The topological polar surface area (TPSA) is 23.8 Å². The molecule has 0 aliphatic carbocycles. The maximum absolute atomic E-state index is 7.81. The molecule has 30 valence electrons. The molecule has 0 aromatic rings. The van der Waals surface area contributed by atoms with Crippen molar-refractivity contribution in [1.29, 1.82) is 5.26 Å². The van der Waals surface area contributed by atoms with Gasteiger partial charge in [-0.3, -0.25) is 0 Å². The maximum Gasteiger partial charge on any atom is 0.138 e. The smallest absolute Gasteiger partial charge is 0.138 e. The number of nitriles is 1. The maximum atomic E-state index is 7.81. The van der Waals surface area contributed by atoms with Crippen LogP contribution in [0.4, 0.5) is 0 Å². The quantitative estimate of drug-likeness (QED) is 0.365. The average molecular weight is 97.1 g/mol. The molecule has 0 spiro atoms. The number of thioether (sulfide) groups is 1. The Hall–Kier alpha value is -0.640. The molecule has 0 unspecified atom stereocenters. The Morgan fingerprint density at radius 2 is 2.50 bits per heavy atom. The predicted molar refractivity (Wildman–Crippen MR) is 26.9 cm³/mol. The van der Waals surface area contributed by atoms with Crippen molar-refractivity contribution in [2.75, 3.05) is 0 Å². The lowest BCUT2D eigenvalue weighted by molar-refractivity contribution is 1.57. The van der Waals surface area contributed by atoms with E-state index in [0.717, 1.165) is 11.8 Å². The second-order valence-electron chi connectivity index (χ2n) is 0.531. The Morgan fingerprint density at radius 3 is 2.67 bits per heavy atom. The molecule has 1 nitrogen and oxygen atoms in total. The Kier molecular flexibility index (Phi) is 3.89. The predicted octanol–water partition coefficient (Wildman–Crippen LogP) is 1.50. The Morgan fingerprint density at radius 1 is 1.83 bits per heavy atom. The molecule has 0 rings (SSSR count). The van der Waals surface area contributed by atoms with Crippen molar-refractivity contribution in [1.82, 2.24) is 0 Å². The van der Waals surface area contributed by atoms with E-state index in [4.69, 9.17) is 5.26 Å². The zero-order valence-electron chi connectivity index (χ0n) is 3.14. The highest BCUT2D eigenvalue weighted by Crippen LogP contribution is 1.92. The Labute approximate surface area is 41.0 Å². The first-order valence-corrected chi connectivity index (χ1v) is 2.19. The van der Waals surface area contributed by atoms with Crippen LogP contribution < -0.4 is 0 Å².